The third kappa shape index (κ3) is 1.33. The minimum Gasteiger partial charge on any atom is -0.500 e. The van der Waals surface area contributed by atoms with E-state index in [1.807, 2.05) is 24.3 Å². The lowest BCUT2D eigenvalue weighted by atomic mass is 9.51. The molecule has 0 spiro atoms. The summed E-state index contributed by atoms with van der Waals surface area (Å²) in [5.41, 5.74) is -3.56. The summed E-state index contributed by atoms with van der Waals surface area (Å²) < 4.78 is 5.23. The minimum atomic E-state index is -1.80. The number of hydrogen-bond donors (Lipinski definition) is 0. The van der Waals surface area contributed by atoms with Crippen molar-refractivity contribution in [2.45, 2.75) is 0 Å². The lowest BCUT2D eigenvalue weighted by molar-refractivity contribution is 0.141. The molecule has 0 N–H and O–H groups in total. The van der Waals surface area contributed by atoms with Crippen LogP contribution in [-0.2, 0) is 4.74 Å². The predicted molar refractivity (Wildman–Crippen MR) is 67.7 cm³/mol. The average Bonchev–Trinajstić information content (AvgIpc) is 2.47. The number of rotatable bonds is 1. The van der Waals surface area contributed by atoms with Crippen molar-refractivity contribution < 1.29 is 4.74 Å². The Hall–Kier alpha value is -3.02. The molecule has 3 aliphatic rings. The molecular weight excluding hydrogens is 252 g/mol. The zero-order valence-electron chi connectivity index (χ0n) is 10.7. The van der Waals surface area contributed by atoms with Crippen LogP contribution in [0.4, 0.5) is 0 Å². The van der Waals surface area contributed by atoms with Gasteiger partial charge in [-0.25, -0.2) is 0 Å². The van der Waals surface area contributed by atoms with Crippen molar-refractivity contribution in [3.8, 4) is 24.3 Å². The number of ether oxygens (including phenoxy) is 1. The molecule has 5 nitrogen and oxygen atoms in total. The van der Waals surface area contributed by atoms with Crippen LogP contribution in [0.15, 0.2) is 36.1 Å². The first kappa shape index (κ1) is 13.4. The summed E-state index contributed by atoms with van der Waals surface area (Å²) in [5, 5.41) is 38.2. The second-order valence-corrected chi connectivity index (χ2v) is 4.61. The second kappa shape index (κ2) is 4.58. The summed E-state index contributed by atoms with van der Waals surface area (Å²) in [7, 11) is 1.43. The Balaban J connectivity index is 2.87. The number of hydrogen-bond acceptors (Lipinski definition) is 5. The van der Waals surface area contributed by atoms with E-state index in [0.717, 1.165) is 0 Å². The molecule has 3 aliphatic carbocycles. The Morgan fingerprint density at radius 1 is 0.950 bits per heavy atom. The zero-order valence-corrected chi connectivity index (χ0v) is 10.7. The monoisotopic (exact) mass is 262 g/mol. The Morgan fingerprint density at radius 3 is 2.05 bits per heavy atom. The van der Waals surface area contributed by atoms with Crippen molar-refractivity contribution in [2.24, 2.45) is 22.7 Å². The van der Waals surface area contributed by atoms with Gasteiger partial charge >= 0.3 is 0 Å². The maximum atomic E-state index is 9.58. The average molecular weight is 262 g/mol. The zero-order chi connectivity index (χ0) is 14.8. The highest BCUT2D eigenvalue weighted by atomic mass is 16.5. The summed E-state index contributed by atoms with van der Waals surface area (Å²) in [6, 6.07) is 7.65. The van der Waals surface area contributed by atoms with Crippen LogP contribution < -0.4 is 0 Å². The van der Waals surface area contributed by atoms with E-state index < -0.39 is 22.7 Å². The normalized spacial score (nSPS) is 27.8. The van der Waals surface area contributed by atoms with Crippen LogP contribution in [0, 0.1) is 68.0 Å². The Kier molecular flexibility index (Phi) is 3.07. The van der Waals surface area contributed by atoms with E-state index >= 15 is 0 Å². The summed E-state index contributed by atoms with van der Waals surface area (Å²) >= 11 is 0. The van der Waals surface area contributed by atoms with E-state index in [4.69, 9.17) is 4.74 Å². The topological polar surface area (TPSA) is 104 Å². The lowest BCUT2D eigenvalue weighted by Crippen LogP contribution is -2.50. The highest BCUT2D eigenvalue weighted by molar-refractivity contribution is 5.48. The molecule has 20 heavy (non-hydrogen) atoms. The number of nitrogens with zero attached hydrogens (tertiary/aromatic N) is 4. The first-order valence-electron chi connectivity index (χ1n) is 5.91. The van der Waals surface area contributed by atoms with Crippen molar-refractivity contribution in [3.63, 3.8) is 0 Å². The highest BCUT2D eigenvalue weighted by Gasteiger charge is 2.64. The molecule has 0 saturated carbocycles. The van der Waals surface area contributed by atoms with Crippen molar-refractivity contribution >= 4 is 0 Å². The molecule has 0 radical (unpaired) electrons. The van der Waals surface area contributed by atoms with Crippen LogP contribution in [0.25, 0.3) is 0 Å². The van der Waals surface area contributed by atoms with Gasteiger partial charge in [0.15, 0.2) is 10.8 Å². The molecule has 0 amide bonds. The lowest BCUT2D eigenvalue weighted by Gasteiger charge is -2.43. The Bertz CT molecular complexity index is 659. The molecule has 0 aliphatic heterocycles. The van der Waals surface area contributed by atoms with Crippen molar-refractivity contribution in [1.82, 2.24) is 0 Å². The van der Waals surface area contributed by atoms with Gasteiger partial charge < -0.3 is 4.74 Å². The largest absolute Gasteiger partial charge is 0.500 e. The number of fused-ring (bicyclic) bond motifs is 2. The highest BCUT2D eigenvalue weighted by Crippen LogP contribution is 2.56. The molecule has 0 unspecified atom stereocenters. The number of nitriles is 4. The van der Waals surface area contributed by atoms with Gasteiger partial charge in [0.1, 0.15) is 5.76 Å². The molecule has 0 aromatic rings. The molecule has 3 rings (SSSR count). The van der Waals surface area contributed by atoms with Crippen molar-refractivity contribution in [3.05, 3.63) is 36.1 Å². The predicted octanol–water partition coefficient (Wildman–Crippen LogP) is 1.96. The third-order valence-electron chi connectivity index (χ3n) is 3.93. The number of allylic oxidation sites excluding steroid dienone is 5. The summed E-state index contributed by atoms with van der Waals surface area (Å²) in [4.78, 5) is 0. The van der Waals surface area contributed by atoms with Crippen LogP contribution >= 0.6 is 0 Å². The van der Waals surface area contributed by atoms with Crippen LogP contribution in [0.2, 0.25) is 0 Å². The molecular formula is C15H10N4O. The van der Waals surface area contributed by atoms with Gasteiger partial charge in [-0.2, -0.15) is 21.0 Å². The fourth-order valence-electron chi connectivity index (χ4n) is 2.80. The van der Waals surface area contributed by atoms with Gasteiger partial charge in [0.05, 0.1) is 37.3 Å². The maximum Gasteiger partial charge on any atom is 0.189 e. The van der Waals surface area contributed by atoms with Gasteiger partial charge in [0, 0.05) is 5.92 Å². The molecule has 0 heterocycles. The summed E-state index contributed by atoms with van der Waals surface area (Å²) in [5.74, 6) is -0.973. The quantitative estimate of drug-likeness (QED) is 0.671. The molecule has 0 saturated heterocycles. The summed E-state index contributed by atoms with van der Waals surface area (Å²) in [6.07, 6.45) is 8.33. The van der Waals surface area contributed by atoms with E-state index in [-0.39, 0.29) is 0 Å². The van der Waals surface area contributed by atoms with E-state index in [1.165, 1.54) is 7.11 Å². The first-order chi connectivity index (χ1) is 9.65. The third-order valence-corrected chi connectivity index (χ3v) is 3.93. The molecule has 2 atom stereocenters. The number of methoxy groups -OCH3 is 1. The summed E-state index contributed by atoms with van der Waals surface area (Å²) in [6.45, 7) is 0. The Morgan fingerprint density at radius 2 is 1.55 bits per heavy atom. The second-order valence-electron chi connectivity index (χ2n) is 4.61. The van der Waals surface area contributed by atoms with E-state index in [1.54, 1.807) is 30.4 Å². The van der Waals surface area contributed by atoms with Crippen LogP contribution in [0.5, 0.6) is 0 Å². The van der Waals surface area contributed by atoms with Gasteiger partial charge in [-0.05, 0) is 6.08 Å². The van der Waals surface area contributed by atoms with Crippen LogP contribution in [0.3, 0.4) is 0 Å². The standard InChI is InChI=1S/C15H10N4O/c1-20-13-4-2-3-11-5-6-12(13)15(9-18,10-19)14(11,7-16)8-17/h2-6,11-12H,1H3/t11-,12+/m0/s1. The van der Waals surface area contributed by atoms with Crippen molar-refractivity contribution in [2.75, 3.05) is 7.11 Å². The van der Waals surface area contributed by atoms with Gasteiger partial charge in [-0.15, -0.1) is 0 Å². The molecule has 2 bridgehead atoms. The molecule has 0 aromatic carbocycles. The fourth-order valence-corrected chi connectivity index (χ4v) is 2.80. The molecule has 0 fully saturated rings. The van der Waals surface area contributed by atoms with Gasteiger partial charge in [-0.1, -0.05) is 24.3 Å². The smallest absolute Gasteiger partial charge is 0.189 e. The van der Waals surface area contributed by atoms with Crippen LogP contribution in [0.1, 0.15) is 0 Å². The van der Waals surface area contributed by atoms with E-state index in [0.29, 0.717) is 5.76 Å². The first-order valence-corrected chi connectivity index (χ1v) is 5.91. The minimum absolute atomic E-state index is 0.383. The maximum absolute atomic E-state index is 9.58. The van der Waals surface area contributed by atoms with Crippen LogP contribution in [-0.4, -0.2) is 7.11 Å². The van der Waals surface area contributed by atoms with E-state index in [2.05, 4.69) is 0 Å². The fraction of sp³-hybridized carbons (Fsp3) is 0.333. The van der Waals surface area contributed by atoms with E-state index in [9.17, 15) is 21.0 Å². The molecule has 96 valence electrons. The van der Waals surface area contributed by atoms with Gasteiger partial charge in [0.2, 0.25) is 0 Å². The SMILES string of the molecule is COC1=CC=C[C@H]2C=C[C@H]1C(C#N)(C#N)C2(C#N)C#N. The van der Waals surface area contributed by atoms with Crippen molar-refractivity contribution in [1.29, 1.82) is 21.0 Å². The van der Waals surface area contributed by atoms with Gasteiger partial charge in [-0.3, -0.25) is 0 Å². The van der Waals surface area contributed by atoms with Gasteiger partial charge in [0.25, 0.3) is 0 Å². The molecule has 0 aromatic heterocycles. The Labute approximate surface area is 116 Å². The molecule has 5 heteroatoms.